The van der Waals surface area contributed by atoms with Crippen molar-refractivity contribution in [2.45, 2.75) is 144 Å². The lowest BCUT2D eigenvalue weighted by Crippen LogP contribution is -2.65. The van der Waals surface area contributed by atoms with Gasteiger partial charge in [-0.25, -0.2) is 0 Å². The first-order chi connectivity index (χ1) is 19.9. The molecule has 0 spiro atoms. The van der Waals surface area contributed by atoms with Gasteiger partial charge in [-0.3, -0.25) is 0 Å². The van der Waals surface area contributed by atoms with Gasteiger partial charge in [-0.05, 0) is 25.7 Å². The van der Waals surface area contributed by atoms with Crippen LogP contribution in [-0.2, 0) is 28.4 Å². The summed E-state index contributed by atoms with van der Waals surface area (Å²) in [6.45, 7) is 2.94. The molecule has 0 radical (unpaired) electrons. The second-order valence-electron chi connectivity index (χ2n) is 12.0. The van der Waals surface area contributed by atoms with Crippen LogP contribution < -0.4 is 28.7 Å². The molecule has 0 aromatic heterocycles. The molecule has 16 nitrogen and oxygen atoms in total. The average molecular weight is 610 g/mol. The van der Waals surface area contributed by atoms with Crippen molar-refractivity contribution in [3.05, 3.63) is 0 Å². The molecule has 0 aromatic carbocycles. The third-order valence-corrected chi connectivity index (χ3v) is 9.04. The smallest absolute Gasteiger partial charge is 0.187 e. The molecule has 4 rings (SSSR count). The fraction of sp³-hybridized carbons (Fsp3) is 1.00. The molecule has 0 bridgehead atoms. The van der Waals surface area contributed by atoms with Crippen molar-refractivity contribution in [1.82, 2.24) is 0 Å². The molecule has 15 N–H and O–H groups in total. The number of ether oxygens (including phenoxy) is 6. The molecule has 0 amide bonds. The Labute approximate surface area is 245 Å². The molecule has 16 heteroatoms. The number of aliphatic hydroxyl groups excluding tert-OH is 5. The van der Waals surface area contributed by atoms with Gasteiger partial charge in [0.2, 0.25) is 0 Å². The molecule has 0 unspecified atom stereocenters. The van der Waals surface area contributed by atoms with Crippen LogP contribution in [0.5, 0.6) is 0 Å². The fourth-order valence-electron chi connectivity index (χ4n) is 6.17. The molecular weight excluding hydrogens is 558 g/mol. The Balaban J connectivity index is 1.48. The molecule has 3 heterocycles. The third kappa shape index (κ3) is 7.09. The predicted octanol–water partition coefficient (Wildman–Crippen LogP) is -4.75. The standard InChI is InChI=1S/C26H51N5O11/c1-3-10(28)14-5-4-11(29)25(37-14)40-21-13(31)6-12(30)18(34)23(21)42-26-20(36)22(16(8-32)39-26)41-24-9(2)17(33)19(35)15(7-27)38-24/h9-26,32-36H,3-8,27-31H2,1-2H3/t9-,10-,11-,12-,13+,14+,15+,16-,17-,18+,19-,20-,21-,22-,23-,24-,25-,26+/m1/s1. The van der Waals surface area contributed by atoms with E-state index in [2.05, 4.69) is 0 Å². The normalized spacial score (nSPS) is 51.0. The third-order valence-electron chi connectivity index (χ3n) is 9.04. The molecule has 42 heavy (non-hydrogen) atoms. The van der Waals surface area contributed by atoms with E-state index < -0.39 is 104 Å². The largest absolute Gasteiger partial charge is 0.394 e. The number of nitrogens with two attached hydrogens (primary N) is 5. The second-order valence-corrected chi connectivity index (χ2v) is 12.0. The van der Waals surface area contributed by atoms with Gasteiger partial charge in [-0.15, -0.1) is 0 Å². The van der Waals surface area contributed by atoms with Gasteiger partial charge in [-0.1, -0.05) is 13.8 Å². The molecule has 3 aliphatic heterocycles. The maximum atomic E-state index is 11.2. The van der Waals surface area contributed by atoms with E-state index in [1.54, 1.807) is 6.92 Å². The second kappa shape index (κ2) is 14.6. The highest BCUT2D eigenvalue weighted by Crippen LogP contribution is 2.35. The molecular formula is C26H51N5O11. The number of hydrogen-bond donors (Lipinski definition) is 10. The first kappa shape index (κ1) is 34.2. The number of hydrogen-bond acceptors (Lipinski definition) is 16. The van der Waals surface area contributed by atoms with Gasteiger partial charge in [0, 0.05) is 30.6 Å². The Morgan fingerprint density at radius 1 is 0.738 bits per heavy atom. The molecule has 4 fully saturated rings. The van der Waals surface area contributed by atoms with E-state index in [0.29, 0.717) is 19.3 Å². The minimum absolute atomic E-state index is 0.0787. The van der Waals surface area contributed by atoms with Crippen molar-refractivity contribution in [2.24, 2.45) is 34.6 Å². The molecule has 0 aromatic rings. The summed E-state index contributed by atoms with van der Waals surface area (Å²) in [6.07, 6.45) is -11.8. The average Bonchev–Trinajstić information content (AvgIpc) is 3.27. The molecule has 3 saturated heterocycles. The van der Waals surface area contributed by atoms with Crippen molar-refractivity contribution < 1.29 is 54.0 Å². The van der Waals surface area contributed by atoms with Crippen molar-refractivity contribution in [2.75, 3.05) is 13.2 Å². The summed E-state index contributed by atoms with van der Waals surface area (Å²) in [7, 11) is 0. The highest BCUT2D eigenvalue weighted by Gasteiger charge is 2.53. The number of rotatable bonds is 10. The minimum Gasteiger partial charge on any atom is -0.394 e. The van der Waals surface area contributed by atoms with E-state index in [-0.39, 0.29) is 25.1 Å². The Bertz CT molecular complexity index is 850. The molecule has 18 atom stereocenters. The van der Waals surface area contributed by atoms with E-state index >= 15 is 0 Å². The molecule has 1 saturated carbocycles. The van der Waals surface area contributed by atoms with Gasteiger partial charge in [0.1, 0.15) is 42.7 Å². The van der Waals surface area contributed by atoms with Crippen molar-refractivity contribution in [3.63, 3.8) is 0 Å². The summed E-state index contributed by atoms with van der Waals surface area (Å²) in [5.41, 5.74) is 30.8. The highest BCUT2D eigenvalue weighted by atomic mass is 16.8. The van der Waals surface area contributed by atoms with E-state index in [9.17, 15) is 25.5 Å². The quantitative estimate of drug-likeness (QED) is 0.111. The molecule has 1 aliphatic carbocycles. The van der Waals surface area contributed by atoms with Crippen LogP contribution >= 0.6 is 0 Å². The first-order valence-corrected chi connectivity index (χ1v) is 14.9. The van der Waals surface area contributed by atoms with E-state index in [0.717, 1.165) is 0 Å². The summed E-state index contributed by atoms with van der Waals surface area (Å²) in [5, 5.41) is 52.9. The summed E-state index contributed by atoms with van der Waals surface area (Å²) in [6, 6.07) is -2.12. The van der Waals surface area contributed by atoms with Crippen LogP contribution in [0.1, 0.15) is 39.5 Å². The van der Waals surface area contributed by atoms with Crippen LogP contribution in [0, 0.1) is 5.92 Å². The summed E-state index contributed by atoms with van der Waals surface area (Å²) < 4.78 is 35.9. The molecule has 4 aliphatic rings. The SMILES string of the molecule is CC[C@@H](N)[C@@H]1CC[C@@H](N)[C@@H](O[C@H]2[C@H](O[C@@H]3O[C@H](CO)[C@@H](O[C@H]4O[C@@H](CN)[C@@H](O)[C@H](O)[C@H]4C)[C@H]3O)[C@@H](O)[C@H](N)C[C@@H]2N)O1. The van der Waals surface area contributed by atoms with Gasteiger partial charge < -0.3 is 82.6 Å². The Morgan fingerprint density at radius 3 is 2.02 bits per heavy atom. The van der Waals surface area contributed by atoms with Gasteiger partial charge >= 0.3 is 0 Å². The molecule has 246 valence electrons. The van der Waals surface area contributed by atoms with Crippen LogP contribution in [0.4, 0.5) is 0 Å². The predicted molar refractivity (Wildman–Crippen MR) is 146 cm³/mol. The van der Waals surface area contributed by atoms with Gasteiger partial charge in [-0.2, -0.15) is 0 Å². The Morgan fingerprint density at radius 2 is 1.38 bits per heavy atom. The zero-order valence-electron chi connectivity index (χ0n) is 24.2. The van der Waals surface area contributed by atoms with Crippen LogP contribution in [0.2, 0.25) is 0 Å². The lowest BCUT2D eigenvalue weighted by atomic mass is 9.84. The van der Waals surface area contributed by atoms with Crippen LogP contribution in [-0.4, -0.2) is 143 Å². The monoisotopic (exact) mass is 609 g/mol. The van der Waals surface area contributed by atoms with Crippen molar-refractivity contribution >= 4 is 0 Å². The zero-order chi connectivity index (χ0) is 30.9. The lowest BCUT2D eigenvalue weighted by molar-refractivity contribution is -0.297. The van der Waals surface area contributed by atoms with Crippen LogP contribution in [0.15, 0.2) is 0 Å². The topological polar surface area (TPSA) is 287 Å². The minimum atomic E-state index is -1.47. The van der Waals surface area contributed by atoms with E-state index in [1.165, 1.54) is 0 Å². The van der Waals surface area contributed by atoms with Crippen LogP contribution in [0.3, 0.4) is 0 Å². The maximum Gasteiger partial charge on any atom is 0.187 e. The Hall–Kier alpha value is -0.640. The van der Waals surface area contributed by atoms with E-state index in [4.69, 9.17) is 57.1 Å². The first-order valence-electron chi connectivity index (χ1n) is 14.9. The fourth-order valence-corrected chi connectivity index (χ4v) is 6.17. The summed E-state index contributed by atoms with van der Waals surface area (Å²) in [5.74, 6) is -0.701. The van der Waals surface area contributed by atoms with Gasteiger partial charge in [0.15, 0.2) is 18.9 Å². The van der Waals surface area contributed by atoms with Crippen molar-refractivity contribution in [3.8, 4) is 0 Å². The summed E-state index contributed by atoms with van der Waals surface area (Å²) in [4.78, 5) is 0. The van der Waals surface area contributed by atoms with E-state index in [1.807, 2.05) is 6.92 Å². The van der Waals surface area contributed by atoms with Crippen molar-refractivity contribution in [1.29, 1.82) is 0 Å². The number of aliphatic hydroxyl groups is 5. The highest BCUT2D eigenvalue weighted by molar-refractivity contribution is 5.01. The maximum absolute atomic E-state index is 11.2. The summed E-state index contributed by atoms with van der Waals surface area (Å²) >= 11 is 0. The zero-order valence-corrected chi connectivity index (χ0v) is 24.2. The van der Waals surface area contributed by atoms with Crippen LogP contribution in [0.25, 0.3) is 0 Å². The Kier molecular flexibility index (Phi) is 11.9. The lowest BCUT2D eigenvalue weighted by Gasteiger charge is -2.46. The van der Waals surface area contributed by atoms with Gasteiger partial charge in [0.05, 0.1) is 31.0 Å². The van der Waals surface area contributed by atoms with Gasteiger partial charge in [0.25, 0.3) is 0 Å².